The molecule has 2 nitrogen and oxygen atoms in total. The van der Waals surface area contributed by atoms with Gasteiger partial charge in [-0.1, -0.05) is 34.1 Å². The van der Waals surface area contributed by atoms with Gasteiger partial charge in [-0.3, -0.25) is 4.90 Å². The van der Waals surface area contributed by atoms with E-state index in [9.17, 15) is 0 Å². The first-order valence-electron chi connectivity index (χ1n) is 5.62. The molecule has 0 heterocycles. The summed E-state index contributed by atoms with van der Waals surface area (Å²) in [7, 11) is 2.13. The maximum Gasteiger partial charge on any atom is 0.0272 e. The first kappa shape index (κ1) is 13.7. The molecule has 1 aromatic carbocycles. The lowest BCUT2D eigenvalue weighted by Gasteiger charge is -2.34. The summed E-state index contributed by atoms with van der Waals surface area (Å²) in [5.41, 5.74) is 7.18. The van der Waals surface area contributed by atoms with E-state index in [0.717, 1.165) is 13.0 Å². The Morgan fingerprint density at radius 3 is 2.50 bits per heavy atom. The average molecular weight is 285 g/mol. The highest BCUT2D eigenvalue weighted by Crippen LogP contribution is 2.18. The second-order valence-electron chi connectivity index (χ2n) is 4.78. The van der Waals surface area contributed by atoms with Crippen LogP contribution >= 0.6 is 15.9 Å². The van der Waals surface area contributed by atoms with Crippen LogP contribution in [-0.2, 0) is 6.42 Å². The van der Waals surface area contributed by atoms with Gasteiger partial charge in [-0.25, -0.2) is 0 Å². The van der Waals surface area contributed by atoms with E-state index in [2.05, 4.69) is 59.9 Å². The smallest absolute Gasteiger partial charge is 0.0272 e. The zero-order valence-corrected chi connectivity index (χ0v) is 11.9. The lowest BCUT2D eigenvalue weighted by atomic mass is 10.0. The van der Waals surface area contributed by atoms with Crippen molar-refractivity contribution in [1.82, 2.24) is 4.90 Å². The molecule has 0 bridgehead atoms. The first-order chi connectivity index (χ1) is 7.47. The Labute approximate surface area is 107 Å². The standard InChI is InChI=1S/C13H21BrN2/c1-13(2,10-15)16(3)9-8-11-6-4-5-7-12(11)14/h4-7H,8-10,15H2,1-3H3. The van der Waals surface area contributed by atoms with Gasteiger partial charge in [0.05, 0.1) is 0 Å². The third-order valence-corrected chi connectivity index (χ3v) is 3.98. The van der Waals surface area contributed by atoms with Crippen molar-refractivity contribution >= 4 is 15.9 Å². The van der Waals surface area contributed by atoms with Crippen LogP contribution < -0.4 is 5.73 Å². The molecule has 0 radical (unpaired) electrons. The lowest BCUT2D eigenvalue weighted by Crippen LogP contribution is -2.47. The molecule has 2 N–H and O–H groups in total. The molecular formula is C13H21BrN2. The Kier molecular flexibility index (Phi) is 4.96. The molecule has 0 aliphatic carbocycles. The number of halogens is 1. The fourth-order valence-corrected chi connectivity index (χ4v) is 1.93. The molecule has 3 heteroatoms. The largest absolute Gasteiger partial charge is 0.329 e. The monoisotopic (exact) mass is 284 g/mol. The third-order valence-electron chi connectivity index (χ3n) is 3.21. The minimum Gasteiger partial charge on any atom is -0.329 e. The second-order valence-corrected chi connectivity index (χ2v) is 5.63. The third kappa shape index (κ3) is 3.58. The minimum atomic E-state index is 0.0707. The summed E-state index contributed by atoms with van der Waals surface area (Å²) in [6.07, 6.45) is 1.04. The van der Waals surface area contributed by atoms with E-state index in [1.165, 1.54) is 10.0 Å². The molecule has 0 spiro atoms. The summed E-state index contributed by atoms with van der Waals surface area (Å²) < 4.78 is 1.19. The summed E-state index contributed by atoms with van der Waals surface area (Å²) in [6.45, 7) is 6.05. The van der Waals surface area contributed by atoms with Crippen LogP contribution in [0.1, 0.15) is 19.4 Å². The van der Waals surface area contributed by atoms with Crippen LogP contribution in [0.5, 0.6) is 0 Å². The van der Waals surface area contributed by atoms with Crippen LogP contribution in [0.2, 0.25) is 0 Å². The fourth-order valence-electron chi connectivity index (χ4n) is 1.45. The number of rotatable bonds is 5. The Hall–Kier alpha value is -0.380. The van der Waals surface area contributed by atoms with E-state index in [1.54, 1.807) is 0 Å². The van der Waals surface area contributed by atoms with Crippen molar-refractivity contribution in [2.24, 2.45) is 5.73 Å². The Morgan fingerprint density at radius 1 is 1.31 bits per heavy atom. The highest BCUT2D eigenvalue weighted by molar-refractivity contribution is 9.10. The van der Waals surface area contributed by atoms with E-state index in [0.29, 0.717) is 6.54 Å². The zero-order chi connectivity index (χ0) is 12.2. The van der Waals surface area contributed by atoms with Crippen molar-refractivity contribution in [2.45, 2.75) is 25.8 Å². The van der Waals surface area contributed by atoms with Gasteiger partial charge in [-0.15, -0.1) is 0 Å². The van der Waals surface area contributed by atoms with Gasteiger partial charge in [0.15, 0.2) is 0 Å². The van der Waals surface area contributed by atoms with Crippen LogP contribution in [-0.4, -0.2) is 30.6 Å². The molecule has 0 aromatic heterocycles. The van der Waals surface area contributed by atoms with Crippen molar-refractivity contribution in [3.63, 3.8) is 0 Å². The molecule has 16 heavy (non-hydrogen) atoms. The molecule has 1 rings (SSSR count). The SMILES string of the molecule is CN(CCc1ccccc1Br)C(C)(C)CN. The summed E-state index contributed by atoms with van der Waals surface area (Å²) in [6, 6.07) is 8.37. The Bertz CT molecular complexity index is 336. The van der Waals surface area contributed by atoms with E-state index < -0.39 is 0 Å². The molecule has 1 aromatic rings. The number of nitrogens with two attached hydrogens (primary N) is 1. The van der Waals surface area contributed by atoms with Gasteiger partial charge in [0.25, 0.3) is 0 Å². The maximum absolute atomic E-state index is 5.76. The van der Waals surface area contributed by atoms with E-state index in [1.807, 2.05) is 6.07 Å². The summed E-state index contributed by atoms with van der Waals surface area (Å²) in [4.78, 5) is 2.31. The van der Waals surface area contributed by atoms with Gasteiger partial charge < -0.3 is 5.73 Å². The van der Waals surface area contributed by atoms with Crippen LogP contribution in [0.25, 0.3) is 0 Å². The van der Waals surface area contributed by atoms with Gasteiger partial charge in [0.2, 0.25) is 0 Å². The minimum absolute atomic E-state index is 0.0707. The first-order valence-corrected chi connectivity index (χ1v) is 6.41. The Balaban J connectivity index is 2.56. The molecular weight excluding hydrogens is 264 g/mol. The number of nitrogens with zero attached hydrogens (tertiary/aromatic N) is 1. The molecule has 0 aliphatic rings. The van der Waals surface area contributed by atoms with Gasteiger partial charge >= 0.3 is 0 Å². The second kappa shape index (κ2) is 5.80. The Morgan fingerprint density at radius 2 is 1.94 bits per heavy atom. The van der Waals surface area contributed by atoms with E-state index in [4.69, 9.17) is 5.73 Å². The van der Waals surface area contributed by atoms with Crippen LogP contribution in [0, 0.1) is 0 Å². The maximum atomic E-state index is 5.76. The molecule has 0 unspecified atom stereocenters. The average Bonchev–Trinajstić information content (AvgIpc) is 2.27. The fraction of sp³-hybridized carbons (Fsp3) is 0.538. The molecule has 90 valence electrons. The van der Waals surface area contributed by atoms with Crippen molar-refractivity contribution < 1.29 is 0 Å². The highest BCUT2D eigenvalue weighted by Gasteiger charge is 2.20. The number of hydrogen-bond acceptors (Lipinski definition) is 2. The molecule has 0 saturated carbocycles. The number of hydrogen-bond donors (Lipinski definition) is 1. The summed E-state index contributed by atoms with van der Waals surface area (Å²) in [5, 5.41) is 0. The van der Waals surface area contributed by atoms with E-state index in [-0.39, 0.29) is 5.54 Å². The topological polar surface area (TPSA) is 29.3 Å². The molecule has 0 saturated heterocycles. The van der Waals surface area contributed by atoms with E-state index >= 15 is 0 Å². The normalized spacial score (nSPS) is 12.1. The number of benzene rings is 1. The van der Waals surface area contributed by atoms with Crippen LogP contribution in [0.3, 0.4) is 0 Å². The van der Waals surface area contributed by atoms with Crippen molar-refractivity contribution in [3.05, 3.63) is 34.3 Å². The van der Waals surface area contributed by atoms with Crippen LogP contribution in [0.15, 0.2) is 28.7 Å². The van der Waals surface area contributed by atoms with Gasteiger partial charge in [-0.2, -0.15) is 0 Å². The number of likely N-dealkylation sites (N-methyl/N-ethyl adjacent to an activating group) is 1. The summed E-state index contributed by atoms with van der Waals surface area (Å²) in [5.74, 6) is 0. The quantitative estimate of drug-likeness (QED) is 0.901. The zero-order valence-electron chi connectivity index (χ0n) is 10.3. The van der Waals surface area contributed by atoms with Gasteiger partial charge in [-0.05, 0) is 38.9 Å². The van der Waals surface area contributed by atoms with Gasteiger partial charge in [0, 0.05) is 23.1 Å². The predicted octanol–water partition coefficient (Wildman–Crippen LogP) is 2.66. The molecule has 0 aliphatic heterocycles. The van der Waals surface area contributed by atoms with Crippen LogP contribution in [0.4, 0.5) is 0 Å². The molecule has 0 amide bonds. The van der Waals surface area contributed by atoms with Crippen molar-refractivity contribution in [3.8, 4) is 0 Å². The molecule has 0 fully saturated rings. The lowest BCUT2D eigenvalue weighted by molar-refractivity contribution is 0.166. The van der Waals surface area contributed by atoms with Crippen molar-refractivity contribution in [2.75, 3.05) is 20.1 Å². The highest BCUT2D eigenvalue weighted by atomic mass is 79.9. The van der Waals surface area contributed by atoms with Gasteiger partial charge in [0.1, 0.15) is 0 Å². The summed E-state index contributed by atoms with van der Waals surface area (Å²) >= 11 is 3.57. The van der Waals surface area contributed by atoms with Crippen molar-refractivity contribution in [1.29, 1.82) is 0 Å². The molecule has 0 atom stereocenters. The predicted molar refractivity (Wildman–Crippen MR) is 73.6 cm³/mol.